The van der Waals surface area contributed by atoms with Crippen LogP contribution in [-0.4, -0.2) is 90.5 Å². The zero-order valence-corrected chi connectivity index (χ0v) is 19.1. The van der Waals surface area contributed by atoms with E-state index in [2.05, 4.69) is 0 Å². The van der Waals surface area contributed by atoms with Gasteiger partial charge in [-0.05, 0) is 0 Å². The first-order chi connectivity index (χ1) is 1.41. The van der Waals surface area contributed by atoms with E-state index < -0.39 is 0 Å². The summed E-state index contributed by atoms with van der Waals surface area (Å²) < 4.78 is 1.44. The summed E-state index contributed by atoms with van der Waals surface area (Å²) in [6, 6.07) is 0. The minimum atomic E-state index is 0. The van der Waals surface area contributed by atoms with Gasteiger partial charge in [-0.15, -0.1) is 0 Å². The van der Waals surface area contributed by atoms with Crippen molar-refractivity contribution in [1.29, 1.82) is 0 Å². The molecule has 0 aliphatic rings. The van der Waals surface area contributed by atoms with Gasteiger partial charge in [0.2, 0.25) is 0 Å². The Bertz CT molecular complexity index is 11.6. The maximum absolute atomic E-state index is 1.91. The summed E-state index contributed by atoms with van der Waals surface area (Å²) in [5, 5.41) is 0. The normalized spacial score (nSPS) is 3.40. The third kappa shape index (κ3) is 19.8. The summed E-state index contributed by atoms with van der Waals surface area (Å²) >= 11 is 1.91. The molecule has 2 radical (unpaired) electrons. The maximum atomic E-state index is 1.91. The van der Waals surface area contributed by atoms with Crippen LogP contribution in [0.15, 0.2) is 0 Å². The van der Waals surface area contributed by atoms with Gasteiger partial charge in [-0.25, -0.2) is 0 Å². The van der Waals surface area contributed by atoms with Gasteiger partial charge in [0.1, 0.15) is 0 Å². The van der Waals surface area contributed by atoms with Crippen molar-refractivity contribution in [2.45, 2.75) is 0 Å². The molecule has 0 N–H and O–H groups in total. The van der Waals surface area contributed by atoms with Crippen molar-refractivity contribution in [2.75, 3.05) is 0 Å². The Balaban J connectivity index is -0.0000000200. The average molecular weight is 593 g/mol. The number of rotatable bonds is 0. The van der Waals surface area contributed by atoms with Gasteiger partial charge in [0.15, 0.2) is 0 Å². The van der Waals surface area contributed by atoms with E-state index in [0.29, 0.717) is 0 Å². The molecule has 0 unspecified atom stereocenters. The molecule has 0 aromatic heterocycles. The molecular weight excluding hydrogens is 583 g/mol. The zero-order valence-electron chi connectivity index (χ0n) is 3.57. The summed E-state index contributed by atoms with van der Waals surface area (Å²) in [4.78, 5) is 0. The molecule has 0 aromatic carbocycles. The van der Waals surface area contributed by atoms with E-state index in [1.165, 1.54) is 14.9 Å². The predicted molar refractivity (Wildman–Crippen MR) is 42.7 cm³/mol. The third-order valence-corrected chi connectivity index (χ3v) is 0. The molecule has 0 saturated heterocycles. The molecule has 0 saturated carbocycles. The summed E-state index contributed by atoms with van der Waals surface area (Å²) in [6.45, 7) is 0. The van der Waals surface area contributed by atoms with Crippen molar-refractivity contribution in [3.63, 3.8) is 0 Å². The second-order valence-electron chi connectivity index (χ2n) is 0.316. The molecule has 0 nitrogen and oxygen atoms in total. The Morgan fingerprint density at radius 2 is 1.60 bits per heavy atom. The summed E-state index contributed by atoms with van der Waals surface area (Å²) in [7, 11) is 1.39. The van der Waals surface area contributed by atoms with Crippen molar-refractivity contribution in [1.82, 2.24) is 0 Å². The fourth-order valence-corrected chi connectivity index (χ4v) is 0. The van der Waals surface area contributed by atoms with Crippen LogP contribution in [0.4, 0.5) is 0 Å². The van der Waals surface area contributed by atoms with Crippen LogP contribution in [0.2, 0.25) is 0 Å². The fourth-order valence-electron chi connectivity index (χ4n) is 0. The van der Waals surface area contributed by atoms with Crippen LogP contribution in [0, 0.1) is 0 Å². The Morgan fingerprint density at radius 1 is 1.60 bits per heavy atom. The molecular formula is H10BBiPbSiTe. The molecule has 0 aromatic rings. The van der Waals surface area contributed by atoms with Crippen LogP contribution in [-0.2, 0) is 0 Å². The van der Waals surface area contributed by atoms with Crippen molar-refractivity contribution < 1.29 is 0 Å². The Hall–Kier alpha value is 2.88. The van der Waals surface area contributed by atoms with E-state index >= 15 is 0 Å². The van der Waals surface area contributed by atoms with E-state index in [9.17, 15) is 0 Å². The van der Waals surface area contributed by atoms with Gasteiger partial charge in [0.25, 0.3) is 0 Å². The molecule has 0 rings (SSSR count). The zero-order chi connectivity index (χ0) is 2.71. The van der Waals surface area contributed by atoms with Gasteiger partial charge in [-0.2, -0.15) is 0 Å². The first-order valence-electron chi connectivity index (χ1n) is 1.02. The number of hydrogen-bond acceptors (Lipinski definition) is 0. The van der Waals surface area contributed by atoms with E-state index in [1.807, 2.05) is 22.1 Å². The molecule has 0 aliphatic carbocycles. The van der Waals surface area contributed by atoms with Crippen LogP contribution in [0.1, 0.15) is 0 Å². The molecule has 0 fully saturated rings. The fraction of sp³-hybridized carbons (Fsp3) is 0. The third-order valence-electron chi connectivity index (χ3n) is 0. The Kier molecular flexibility index (Phi) is 49.5. The van der Waals surface area contributed by atoms with E-state index in [-0.39, 0.29) is 53.5 Å². The molecule has 0 heterocycles. The summed E-state index contributed by atoms with van der Waals surface area (Å²) in [6.07, 6.45) is 0. The van der Waals surface area contributed by atoms with Crippen molar-refractivity contribution in [3.05, 3.63) is 0 Å². The topological polar surface area (TPSA) is 0 Å². The first-order valence-corrected chi connectivity index (χ1v) is 4.24. The molecule has 0 bridgehead atoms. The molecule has 5 heteroatoms. The van der Waals surface area contributed by atoms with E-state index in [1.54, 1.807) is 0 Å². The van der Waals surface area contributed by atoms with Crippen LogP contribution < -0.4 is 0 Å². The second kappa shape index (κ2) is 15.8. The average Bonchev–Trinajstić information content (AvgIpc) is 0.918. The monoisotopic (exact) mass is 596 g/mol. The summed E-state index contributed by atoms with van der Waals surface area (Å²) in [5.41, 5.74) is 0. The minimum absolute atomic E-state index is 0. The van der Waals surface area contributed by atoms with E-state index in [4.69, 9.17) is 0 Å². The van der Waals surface area contributed by atoms with Crippen LogP contribution >= 0.6 is 0 Å². The second-order valence-corrected chi connectivity index (χ2v) is 6.36. The van der Waals surface area contributed by atoms with Gasteiger partial charge >= 0.3 is 90.5 Å². The van der Waals surface area contributed by atoms with Gasteiger partial charge in [-0.1, -0.05) is 0 Å². The van der Waals surface area contributed by atoms with Crippen LogP contribution in [0.25, 0.3) is 0 Å². The van der Waals surface area contributed by atoms with Gasteiger partial charge in [0, 0.05) is 0 Å². The predicted octanol–water partition coefficient (Wildman–Crippen LogP) is -4.58. The Morgan fingerprint density at radius 3 is 1.60 bits per heavy atom. The molecule has 32 valence electrons. The van der Waals surface area contributed by atoms with Crippen molar-refractivity contribution in [3.8, 4) is 0 Å². The molecule has 0 aliphatic heterocycles. The molecule has 0 amide bonds. The standard InChI is InChI=1S/BH5SiTe.Bi.Pb.5H/c2-1-3;;;;;;;/h1,3H,2H3;;;;;;;. The number of hydrogen-bond donors (Lipinski definition) is 0. The Labute approximate surface area is 88.8 Å². The van der Waals surface area contributed by atoms with Gasteiger partial charge < -0.3 is 0 Å². The summed E-state index contributed by atoms with van der Waals surface area (Å²) in [5.74, 6) is 0. The van der Waals surface area contributed by atoms with Gasteiger partial charge in [0.05, 0.1) is 0 Å². The molecule has 5 heavy (non-hydrogen) atoms. The van der Waals surface area contributed by atoms with Crippen molar-refractivity contribution >= 4 is 90.5 Å². The quantitative estimate of drug-likeness (QED) is 0.249. The van der Waals surface area contributed by atoms with Gasteiger partial charge in [-0.3, -0.25) is 0 Å². The first kappa shape index (κ1) is 15.7. The van der Waals surface area contributed by atoms with Crippen LogP contribution in [0.3, 0.4) is 0 Å². The molecule has 0 atom stereocenters. The van der Waals surface area contributed by atoms with Crippen molar-refractivity contribution in [2.24, 2.45) is 0 Å². The van der Waals surface area contributed by atoms with Crippen LogP contribution in [0.5, 0.6) is 0 Å². The SMILES string of the molecule is [BiH3].[PbH2].[SiH3]B[TeH]. The van der Waals surface area contributed by atoms with E-state index in [0.717, 1.165) is 0 Å². The molecule has 0 spiro atoms.